The average molecular weight is 393 g/mol. The monoisotopic (exact) mass is 393 g/mol. The predicted octanol–water partition coefficient (Wildman–Crippen LogP) is 3.75. The summed E-state index contributed by atoms with van der Waals surface area (Å²) in [6.45, 7) is -0.259. The molecule has 152 valence electrons. The zero-order valence-corrected chi connectivity index (χ0v) is 16.2. The van der Waals surface area contributed by atoms with E-state index >= 15 is 0 Å². The molecule has 0 unspecified atom stereocenters. The predicted molar refractivity (Wildman–Crippen MR) is 104 cm³/mol. The highest BCUT2D eigenvalue weighted by Crippen LogP contribution is 2.29. The topological polar surface area (TPSA) is 62.8 Å². The molecule has 0 aliphatic carbocycles. The van der Waals surface area contributed by atoms with Crippen LogP contribution in [-0.4, -0.2) is 33.3 Å². The Bertz CT molecular complexity index is 768. The number of urea groups is 1. The van der Waals surface area contributed by atoms with Crippen LogP contribution in [0.5, 0.6) is 11.5 Å². The number of carbonyl (C=O) groups is 1. The van der Waals surface area contributed by atoms with Gasteiger partial charge in [-0.3, -0.25) is 0 Å². The van der Waals surface area contributed by atoms with Gasteiger partial charge < -0.3 is 25.0 Å². The van der Waals surface area contributed by atoms with Crippen LogP contribution in [0.25, 0.3) is 0 Å². The summed E-state index contributed by atoms with van der Waals surface area (Å²) in [4.78, 5) is 14.0. The quantitative estimate of drug-likeness (QED) is 0.681. The van der Waals surface area contributed by atoms with E-state index in [9.17, 15) is 13.6 Å². The van der Waals surface area contributed by atoms with Crippen molar-refractivity contribution in [1.82, 2.24) is 10.6 Å². The van der Waals surface area contributed by atoms with Gasteiger partial charge in [0.15, 0.2) is 11.5 Å². The van der Waals surface area contributed by atoms with E-state index in [0.29, 0.717) is 18.7 Å². The maximum Gasteiger partial charge on any atom is 0.387 e. The Kier molecular flexibility index (Phi) is 7.86. The van der Waals surface area contributed by atoms with Crippen LogP contribution in [0.15, 0.2) is 42.5 Å². The second-order valence-electron chi connectivity index (χ2n) is 6.19. The van der Waals surface area contributed by atoms with Crippen LogP contribution >= 0.6 is 0 Å². The third kappa shape index (κ3) is 6.61. The SMILES string of the molecule is CCOc1cc(CNC(=O)NCc2ccc(N(C)C)cc2)ccc1OC(F)F. The zero-order valence-electron chi connectivity index (χ0n) is 16.2. The molecule has 2 aromatic rings. The molecule has 0 radical (unpaired) electrons. The number of hydrogen-bond donors (Lipinski definition) is 2. The second-order valence-corrected chi connectivity index (χ2v) is 6.19. The molecule has 2 rings (SSSR count). The molecule has 0 saturated carbocycles. The third-order valence-corrected chi connectivity index (χ3v) is 3.88. The van der Waals surface area contributed by atoms with Crippen molar-refractivity contribution in [3.8, 4) is 11.5 Å². The molecule has 0 aromatic heterocycles. The lowest BCUT2D eigenvalue weighted by molar-refractivity contribution is -0.0514. The van der Waals surface area contributed by atoms with Gasteiger partial charge in [-0.2, -0.15) is 8.78 Å². The number of amides is 2. The number of alkyl halides is 2. The summed E-state index contributed by atoms with van der Waals surface area (Å²) in [7, 11) is 3.92. The van der Waals surface area contributed by atoms with Crippen molar-refractivity contribution in [1.29, 1.82) is 0 Å². The van der Waals surface area contributed by atoms with Gasteiger partial charge in [-0.25, -0.2) is 4.79 Å². The van der Waals surface area contributed by atoms with Gasteiger partial charge in [0, 0.05) is 32.9 Å². The van der Waals surface area contributed by atoms with Gasteiger partial charge >= 0.3 is 12.6 Å². The van der Waals surface area contributed by atoms with E-state index in [-0.39, 0.29) is 24.1 Å². The Labute approximate surface area is 163 Å². The van der Waals surface area contributed by atoms with E-state index in [1.165, 1.54) is 6.07 Å². The second kappa shape index (κ2) is 10.3. The number of ether oxygens (including phenoxy) is 2. The highest BCUT2D eigenvalue weighted by atomic mass is 19.3. The molecular weight excluding hydrogens is 368 g/mol. The lowest BCUT2D eigenvalue weighted by atomic mass is 10.2. The highest BCUT2D eigenvalue weighted by molar-refractivity contribution is 5.73. The van der Waals surface area contributed by atoms with E-state index < -0.39 is 6.61 Å². The molecule has 0 saturated heterocycles. The Balaban J connectivity index is 1.86. The molecule has 0 heterocycles. The Morgan fingerprint density at radius 1 is 1.00 bits per heavy atom. The number of anilines is 1. The number of carbonyl (C=O) groups excluding carboxylic acids is 1. The summed E-state index contributed by atoms with van der Waals surface area (Å²) in [5, 5.41) is 5.50. The average Bonchev–Trinajstić information content (AvgIpc) is 2.66. The first-order chi connectivity index (χ1) is 13.4. The normalized spacial score (nSPS) is 10.5. The van der Waals surface area contributed by atoms with Crippen molar-refractivity contribution in [2.24, 2.45) is 0 Å². The summed E-state index contributed by atoms with van der Waals surface area (Å²) in [6, 6.07) is 12.1. The fourth-order valence-corrected chi connectivity index (χ4v) is 2.46. The minimum absolute atomic E-state index is 0.0359. The highest BCUT2D eigenvalue weighted by Gasteiger charge is 2.12. The summed E-state index contributed by atoms with van der Waals surface area (Å²) in [5.41, 5.74) is 2.76. The molecule has 2 amide bonds. The van der Waals surface area contributed by atoms with Gasteiger partial charge in [0.2, 0.25) is 0 Å². The molecule has 0 bridgehead atoms. The van der Waals surface area contributed by atoms with E-state index in [1.54, 1.807) is 19.1 Å². The van der Waals surface area contributed by atoms with Gasteiger partial charge in [-0.1, -0.05) is 18.2 Å². The summed E-state index contributed by atoms with van der Waals surface area (Å²) < 4.78 is 34.6. The first-order valence-corrected chi connectivity index (χ1v) is 8.87. The van der Waals surface area contributed by atoms with Crippen molar-refractivity contribution in [3.63, 3.8) is 0 Å². The van der Waals surface area contributed by atoms with E-state index in [0.717, 1.165) is 11.3 Å². The van der Waals surface area contributed by atoms with Crippen LogP contribution in [-0.2, 0) is 13.1 Å². The van der Waals surface area contributed by atoms with Crippen molar-refractivity contribution in [2.45, 2.75) is 26.6 Å². The molecule has 2 N–H and O–H groups in total. The van der Waals surface area contributed by atoms with E-state index in [2.05, 4.69) is 15.4 Å². The summed E-state index contributed by atoms with van der Waals surface area (Å²) >= 11 is 0. The van der Waals surface area contributed by atoms with Gasteiger partial charge in [-0.05, 0) is 42.3 Å². The van der Waals surface area contributed by atoms with Crippen molar-refractivity contribution < 1.29 is 23.0 Å². The minimum Gasteiger partial charge on any atom is -0.490 e. The maximum absolute atomic E-state index is 12.4. The standard InChI is InChI=1S/C20H25F2N3O3/c1-4-27-18-11-15(7-10-17(18)28-19(21)22)13-24-20(26)23-12-14-5-8-16(9-6-14)25(2)3/h5-11,19H,4,12-13H2,1-3H3,(H2,23,24,26). The first-order valence-electron chi connectivity index (χ1n) is 8.87. The Hall–Kier alpha value is -3.03. The van der Waals surface area contributed by atoms with Crippen LogP contribution in [0.2, 0.25) is 0 Å². The van der Waals surface area contributed by atoms with Crippen LogP contribution in [0.3, 0.4) is 0 Å². The summed E-state index contributed by atoms with van der Waals surface area (Å²) in [5.74, 6) is 0.176. The molecule has 6 nitrogen and oxygen atoms in total. The van der Waals surface area contributed by atoms with Crippen LogP contribution < -0.4 is 25.0 Å². The number of benzene rings is 2. The third-order valence-electron chi connectivity index (χ3n) is 3.88. The molecule has 8 heteroatoms. The van der Waals surface area contributed by atoms with Crippen molar-refractivity contribution >= 4 is 11.7 Å². The van der Waals surface area contributed by atoms with Crippen LogP contribution in [0.4, 0.5) is 19.3 Å². The number of halogens is 2. The van der Waals surface area contributed by atoms with Gasteiger partial charge in [0.1, 0.15) is 0 Å². The van der Waals surface area contributed by atoms with E-state index in [4.69, 9.17) is 4.74 Å². The van der Waals surface area contributed by atoms with Gasteiger partial charge in [-0.15, -0.1) is 0 Å². The smallest absolute Gasteiger partial charge is 0.387 e. The first kappa shape index (κ1) is 21.3. The van der Waals surface area contributed by atoms with Crippen LogP contribution in [0, 0.1) is 0 Å². The summed E-state index contributed by atoms with van der Waals surface area (Å²) in [6.07, 6.45) is 0. The molecule has 0 spiro atoms. The number of hydrogen-bond acceptors (Lipinski definition) is 4. The van der Waals surface area contributed by atoms with Crippen LogP contribution in [0.1, 0.15) is 18.1 Å². The van der Waals surface area contributed by atoms with Gasteiger partial charge in [0.05, 0.1) is 6.61 Å². The molecule has 0 fully saturated rings. The molecule has 28 heavy (non-hydrogen) atoms. The minimum atomic E-state index is -2.93. The number of nitrogens with zero attached hydrogens (tertiary/aromatic N) is 1. The molecule has 2 aromatic carbocycles. The zero-order chi connectivity index (χ0) is 20.5. The lowest BCUT2D eigenvalue weighted by Crippen LogP contribution is -2.34. The molecular formula is C20H25F2N3O3. The van der Waals surface area contributed by atoms with Crippen molar-refractivity contribution in [3.05, 3.63) is 53.6 Å². The molecule has 0 aliphatic rings. The van der Waals surface area contributed by atoms with Gasteiger partial charge in [0.25, 0.3) is 0 Å². The fraction of sp³-hybridized carbons (Fsp3) is 0.350. The molecule has 0 atom stereocenters. The fourth-order valence-electron chi connectivity index (χ4n) is 2.46. The number of rotatable bonds is 9. The van der Waals surface area contributed by atoms with Crippen molar-refractivity contribution in [2.75, 3.05) is 25.6 Å². The Morgan fingerprint density at radius 3 is 2.18 bits per heavy atom. The molecule has 0 aliphatic heterocycles. The Morgan fingerprint density at radius 2 is 1.61 bits per heavy atom. The lowest BCUT2D eigenvalue weighted by Gasteiger charge is -2.14. The van der Waals surface area contributed by atoms with E-state index in [1.807, 2.05) is 43.3 Å². The maximum atomic E-state index is 12.4. The largest absolute Gasteiger partial charge is 0.490 e. The number of nitrogens with one attached hydrogen (secondary N) is 2.